The minimum absolute atomic E-state index is 0.363. The second-order valence-electron chi connectivity index (χ2n) is 6.98. The summed E-state index contributed by atoms with van der Waals surface area (Å²) in [6.45, 7) is 10.7. The van der Waals surface area contributed by atoms with Crippen LogP contribution in [0.1, 0.15) is 49.8 Å². The summed E-state index contributed by atoms with van der Waals surface area (Å²) in [7, 11) is 0. The first-order valence-electron chi connectivity index (χ1n) is 8.66. The van der Waals surface area contributed by atoms with Gasteiger partial charge in [0.15, 0.2) is 5.82 Å². The predicted octanol–water partition coefficient (Wildman–Crippen LogP) is 3.42. The van der Waals surface area contributed by atoms with Gasteiger partial charge in [0.2, 0.25) is 5.95 Å². The number of likely N-dealkylation sites (tertiary alicyclic amines) is 1. The van der Waals surface area contributed by atoms with Gasteiger partial charge in [0.25, 0.3) is 0 Å². The maximum absolute atomic E-state index is 4.77. The van der Waals surface area contributed by atoms with E-state index in [2.05, 4.69) is 39.0 Å². The second-order valence-corrected chi connectivity index (χ2v) is 6.98. The maximum Gasteiger partial charge on any atom is 0.228 e. The van der Waals surface area contributed by atoms with Gasteiger partial charge in [0.05, 0.1) is 24.1 Å². The number of nitrogens with one attached hydrogen (secondary N) is 1. The third kappa shape index (κ3) is 4.06. The smallest absolute Gasteiger partial charge is 0.228 e. The van der Waals surface area contributed by atoms with Crippen molar-refractivity contribution in [1.82, 2.24) is 24.8 Å². The molecule has 3 heterocycles. The molecule has 1 atom stereocenters. The van der Waals surface area contributed by atoms with Crippen molar-refractivity contribution in [3.05, 3.63) is 35.5 Å². The molecule has 2 aromatic rings. The van der Waals surface area contributed by atoms with E-state index in [1.807, 2.05) is 26.1 Å². The molecule has 1 aliphatic rings. The summed E-state index contributed by atoms with van der Waals surface area (Å²) in [5.41, 5.74) is 2.91. The Morgan fingerprint density at radius 3 is 2.62 bits per heavy atom. The van der Waals surface area contributed by atoms with Crippen molar-refractivity contribution < 1.29 is 0 Å². The van der Waals surface area contributed by atoms with Crippen molar-refractivity contribution in [2.24, 2.45) is 5.92 Å². The van der Waals surface area contributed by atoms with Crippen LogP contribution in [0.4, 0.5) is 11.8 Å². The van der Waals surface area contributed by atoms with Crippen LogP contribution in [0.3, 0.4) is 0 Å². The second kappa shape index (κ2) is 7.21. The molecule has 0 aliphatic carbocycles. The number of aryl methyl sites for hydroxylation is 2. The molecule has 0 amide bonds. The molecule has 0 spiro atoms. The lowest BCUT2D eigenvalue weighted by atomic mass is 10.1. The number of hydrogen-bond donors (Lipinski definition) is 1. The highest BCUT2D eigenvalue weighted by Gasteiger charge is 2.27. The van der Waals surface area contributed by atoms with E-state index < -0.39 is 0 Å². The summed E-state index contributed by atoms with van der Waals surface area (Å²) in [5.74, 6) is 1.93. The van der Waals surface area contributed by atoms with Crippen LogP contribution < -0.4 is 5.32 Å². The highest BCUT2D eigenvalue weighted by Crippen LogP contribution is 2.31. The Kier molecular flexibility index (Phi) is 5.04. The normalized spacial score (nSPS) is 18.3. The third-order valence-electron chi connectivity index (χ3n) is 4.18. The fraction of sp³-hybridized carbons (Fsp3) is 0.556. The lowest BCUT2D eigenvalue weighted by Gasteiger charge is -2.25. The number of nitrogens with zero attached hydrogens (tertiary/aromatic N) is 5. The molecule has 0 aromatic carbocycles. The fourth-order valence-corrected chi connectivity index (χ4v) is 3.35. The molecular formula is C18H26N6. The summed E-state index contributed by atoms with van der Waals surface area (Å²) < 4.78 is 0. The van der Waals surface area contributed by atoms with Gasteiger partial charge in [-0.05, 0) is 45.2 Å². The molecule has 0 saturated carbocycles. The van der Waals surface area contributed by atoms with Crippen molar-refractivity contribution >= 4 is 11.8 Å². The fourth-order valence-electron chi connectivity index (χ4n) is 3.35. The topological polar surface area (TPSA) is 66.8 Å². The van der Waals surface area contributed by atoms with Gasteiger partial charge in [-0.25, -0.2) is 15.0 Å². The zero-order valence-corrected chi connectivity index (χ0v) is 15.0. The maximum atomic E-state index is 4.77. The van der Waals surface area contributed by atoms with Gasteiger partial charge >= 0.3 is 0 Å². The minimum atomic E-state index is 0.363. The molecule has 1 N–H and O–H groups in total. The minimum Gasteiger partial charge on any atom is -0.307 e. The quantitative estimate of drug-likeness (QED) is 0.908. The largest absolute Gasteiger partial charge is 0.307 e. The van der Waals surface area contributed by atoms with Crippen molar-refractivity contribution in [3.63, 3.8) is 0 Å². The molecule has 1 aliphatic heterocycles. The zero-order valence-electron chi connectivity index (χ0n) is 15.0. The van der Waals surface area contributed by atoms with Gasteiger partial charge in [-0.2, -0.15) is 0 Å². The molecule has 6 nitrogen and oxygen atoms in total. The van der Waals surface area contributed by atoms with E-state index in [-0.39, 0.29) is 0 Å². The van der Waals surface area contributed by atoms with Crippen LogP contribution in [0.25, 0.3) is 0 Å². The Balaban J connectivity index is 1.78. The molecule has 0 bridgehead atoms. The molecule has 24 heavy (non-hydrogen) atoms. The number of aromatic nitrogens is 4. The van der Waals surface area contributed by atoms with Crippen molar-refractivity contribution in [2.45, 2.75) is 46.6 Å². The summed E-state index contributed by atoms with van der Waals surface area (Å²) >= 11 is 0. The van der Waals surface area contributed by atoms with Crippen molar-refractivity contribution in [2.75, 3.05) is 18.4 Å². The van der Waals surface area contributed by atoms with E-state index in [0.717, 1.165) is 36.6 Å². The van der Waals surface area contributed by atoms with Crippen molar-refractivity contribution in [1.29, 1.82) is 0 Å². The highest BCUT2D eigenvalue weighted by molar-refractivity contribution is 5.46. The molecule has 2 aromatic heterocycles. The number of hydrogen-bond acceptors (Lipinski definition) is 6. The summed E-state index contributed by atoms with van der Waals surface area (Å²) in [5, 5.41) is 3.19. The van der Waals surface area contributed by atoms with E-state index in [0.29, 0.717) is 23.7 Å². The Hall–Kier alpha value is -2.08. The lowest BCUT2D eigenvalue weighted by Crippen LogP contribution is -2.28. The van der Waals surface area contributed by atoms with E-state index in [9.17, 15) is 0 Å². The number of anilines is 2. The lowest BCUT2D eigenvalue weighted by molar-refractivity contribution is 0.225. The van der Waals surface area contributed by atoms with Crippen LogP contribution in [0.15, 0.2) is 18.5 Å². The monoisotopic (exact) mass is 326 g/mol. The average Bonchev–Trinajstić information content (AvgIpc) is 2.93. The van der Waals surface area contributed by atoms with Gasteiger partial charge in [0, 0.05) is 17.9 Å². The van der Waals surface area contributed by atoms with Crippen LogP contribution in [0, 0.1) is 19.8 Å². The first-order chi connectivity index (χ1) is 11.5. The first-order valence-corrected chi connectivity index (χ1v) is 8.66. The van der Waals surface area contributed by atoms with Crippen LogP contribution in [0.2, 0.25) is 0 Å². The molecule has 0 radical (unpaired) electrons. The molecule has 3 rings (SSSR count). The molecular weight excluding hydrogens is 300 g/mol. The number of rotatable bonds is 5. The van der Waals surface area contributed by atoms with Gasteiger partial charge in [-0.15, -0.1) is 0 Å². The summed E-state index contributed by atoms with van der Waals surface area (Å²) in [4.78, 5) is 20.5. The van der Waals surface area contributed by atoms with Crippen LogP contribution in [-0.2, 0) is 0 Å². The van der Waals surface area contributed by atoms with E-state index in [4.69, 9.17) is 4.98 Å². The van der Waals surface area contributed by atoms with Crippen LogP contribution in [-0.4, -0.2) is 37.9 Å². The summed E-state index contributed by atoms with van der Waals surface area (Å²) in [6, 6.07) is 2.32. The van der Waals surface area contributed by atoms with E-state index >= 15 is 0 Å². The SMILES string of the molecule is Cc1cc(C)nc(Nc2cncc(C3CCCN3CC(C)C)n2)n1. The van der Waals surface area contributed by atoms with Crippen LogP contribution >= 0.6 is 0 Å². The molecule has 1 saturated heterocycles. The van der Waals surface area contributed by atoms with E-state index in [1.54, 1.807) is 6.20 Å². The summed E-state index contributed by atoms with van der Waals surface area (Å²) in [6.07, 6.45) is 5.98. The molecule has 6 heteroatoms. The van der Waals surface area contributed by atoms with Gasteiger partial charge in [-0.3, -0.25) is 9.88 Å². The van der Waals surface area contributed by atoms with Gasteiger partial charge in [0.1, 0.15) is 0 Å². The van der Waals surface area contributed by atoms with E-state index in [1.165, 1.54) is 6.42 Å². The Morgan fingerprint density at radius 1 is 1.17 bits per heavy atom. The highest BCUT2D eigenvalue weighted by atomic mass is 15.2. The molecule has 1 unspecified atom stereocenters. The Bertz CT molecular complexity index is 679. The van der Waals surface area contributed by atoms with Gasteiger partial charge < -0.3 is 5.32 Å². The van der Waals surface area contributed by atoms with Gasteiger partial charge in [-0.1, -0.05) is 13.8 Å². The van der Waals surface area contributed by atoms with Crippen molar-refractivity contribution in [3.8, 4) is 0 Å². The third-order valence-corrected chi connectivity index (χ3v) is 4.18. The first kappa shape index (κ1) is 16.8. The average molecular weight is 326 g/mol. The Morgan fingerprint density at radius 2 is 1.92 bits per heavy atom. The van der Waals surface area contributed by atoms with Crippen LogP contribution in [0.5, 0.6) is 0 Å². The Labute approximate surface area is 143 Å². The predicted molar refractivity (Wildman–Crippen MR) is 95.2 cm³/mol. The molecule has 128 valence electrons. The zero-order chi connectivity index (χ0) is 17.1. The molecule has 1 fully saturated rings. The standard InChI is InChI=1S/C18H26N6/c1-12(2)11-24-7-5-6-16(24)15-9-19-10-17(22-15)23-18-20-13(3)8-14(4)21-18/h8-10,12,16H,5-7,11H2,1-4H3,(H,20,21,22,23).